The number of anilines is 2. The molecule has 2 aromatic rings. The van der Waals surface area contributed by atoms with Crippen molar-refractivity contribution >= 4 is 23.1 Å². The molecule has 4 N–H and O–H groups in total. The molecular weight excluding hydrogens is 220 g/mol. The van der Waals surface area contributed by atoms with Gasteiger partial charge < -0.3 is 16.2 Å². The number of fused-ring (bicyclic) bond motifs is 2. The van der Waals surface area contributed by atoms with Crippen molar-refractivity contribution in [3.05, 3.63) is 36.4 Å². The van der Waals surface area contributed by atoms with Gasteiger partial charge in [-0.15, -0.1) is 0 Å². The smallest absolute Gasteiger partial charge is 0.164 e. The van der Waals surface area contributed by atoms with E-state index in [1.165, 1.54) is 0 Å². The maximum Gasteiger partial charge on any atom is 0.164 e. The molecule has 0 radical (unpaired) electrons. The molecule has 80 valence electrons. The fourth-order valence-corrected chi connectivity index (χ4v) is 2.68. The standard InChI is InChI=1S/C12H10N2OS/c13-7-4-5-9-11(6-7)16-10-3-1-2-8(14)12(10)15-9/h1-6H,13-14H2. The van der Waals surface area contributed by atoms with Gasteiger partial charge in [0.25, 0.3) is 0 Å². The average Bonchev–Trinajstić information content (AvgIpc) is 2.27. The molecule has 1 aliphatic rings. The average molecular weight is 230 g/mol. The van der Waals surface area contributed by atoms with E-state index in [9.17, 15) is 0 Å². The molecule has 0 fully saturated rings. The molecule has 0 spiro atoms. The second kappa shape index (κ2) is 3.35. The first-order valence-corrected chi connectivity index (χ1v) is 5.69. The van der Waals surface area contributed by atoms with Crippen LogP contribution < -0.4 is 16.2 Å². The summed E-state index contributed by atoms with van der Waals surface area (Å²) in [6.07, 6.45) is 0. The van der Waals surface area contributed by atoms with Gasteiger partial charge in [-0.3, -0.25) is 0 Å². The molecule has 0 unspecified atom stereocenters. The van der Waals surface area contributed by atoms with Crippen LogP contribution in [0.15, 0.2) is 46.2 Å². The highest BCUT2D eigenvalue weighted by Gasteiger charge is 2.19. The van der Waals surface area contributed by atoms with Gasteiger partial charge in [0.1, 0.15) is 5.75 Å². The number of ether oxygens (including phenoxy) is 1. The van der Waals surface area contributed by atoms with Crippen LogP contribution >= 0.6 is 11.8 Å². The summed E-state index contributed by atoms with van der Waals surface area (Å²) in [6.45, 7) is 0. The van der Waals surface area contributed by atoms with E-state index < -0.39 is 0 Å². The van der Waals surface area contributed by atoms with E-state index in [0.717, 1.165) is 27.0 Å². The van der Waals surface area contributed by atoms with Crippen LogP contribution in [0.25, 0.3) is 0 Å². The van der Waals surface area contributed by atoms with Crippen LogP contribution in [0.2, 0.25) is 0 Å². The zero-order valence-corrected chi connectivity index (χ0v) is 9.25. The van der Waals surface area contributed by atoms with Gasteiger partial charge in [0.2, 0.25) is 0 Å². The van der Waals surface area contributed by atoms with Gasteiger partial charge in [0.05, 0.1) is 15.5 Å². The van der Waals surface area contributed by atoms with Crippen LogP contribution in [-0.2, 0) is 0 Å². The topological polar surface area (TPSA) is 61.3 Å². The van der Waals surface area contributed by atoms with Crippen molar-refractivity contribution in [3.8, 4) is 11.5 Å². The van der Waals surface area contributed by atoms with E-state index in [1.54, 1.807) is 11.8 Å². The van der Waals surface area contributed by atoms with Crippen molar-refractivity contribution in [2.75, 3.05) is 11.5 Å². The number of nitrogen functional groups attached to an aromatic ring is 2. The molecule has 16 heavy (non-hydrogen) atoms. The minimum atomic E-state index is 0.660. The minimum absolute atomic E-state index is 0.660. The molecule has 3 rings (SSSR count). The molecule has 0 aromatic heterocycles. The van der Waals surface area contributed by atoms with E-state index in [2.05, 4.69) is 0 Å². The Morgan fingerprint density at radius 3 is 2.75 bits per heavy atom. The van der Waals surface area contributed by atoms with Crippen LogP contribution in [0.3, 0.4) is 0 Å². The molecule has 0 saturated heterocycles. The zero-order valence-electron chi connectivity index (χ0n) is 8.44. The Labute approximate surface area is 97.4 Å². The number of nitrogens with two attached hydrogens (primary N) is 2. The van der Waals surface area contributed by atoms with Gasteiger partial charge in [-0.1, -0.05) is 17.8 Å². The van der Waals surface area contributed by atoms with Crippen LogP contribution in [0.5, 0.6) is 11.5 Å². The molecule has 0 atom stereocenters. The van der Waals surface area contributed by atoms with Gasteiger partial charge in [0.15, 0.2) is 5.75 Å². The van der Waals surface area contributed by atoms with Gasteiger partial charge in [-0.05, 0) is 30.3 Å². The summed E-state index contributed by atoms with van der Waals surface area (Å²) in [7, 11) is 0. The van der Waals surface area contributed by atoms with E-state index >= 15 is 0 Å². The quantitative estimate of drug-likeness (QED) is 0.582. The van der Waals surface area contributed by atoms with Gasteiger partial charge in [-0.25, -0.2) is 0 Å². The molecule has 2 aromatic carbocycles. The fraction of sp³-hybridized carbons (Fsp3) is 0. The van der Waals surface area contributed by atoms with Gasteiger partial charge >= 0.3 is 0 Å². The lowest BCUT2D eigenvalue weighted by molar-refractivity contribution is 0.457. The van der Waals surface area contributed by atoms with Crippen molar-refractivity contribution in [2.24, 2.45) is 0 Å². The number of benzene rings is 2. The molecule has 0 bridgehead atoms. The van der Waals surface area contributed by atoms with Crippen LogP contribution in [-0.4, -0.2) is 0 Å². The Morgan fingerprint density at radius 2 is 1.88 bits per heavy atom. The summed E-state index contributed by atoms with van der Waals surface area (Å²) in [6, 6.07) is 11.3. The zero-order chi connectivity index (χ0) is 11.1. The van der Waals surface area contributed by atoms with Crippen molar-refractivity contribution in [3.63, 3.8) is 0 Å². The number of rotatable bonds is 0. The molecular formula is C12H10N2OS. The highest BCUT2D eigenvalue weighted by molar-refractivity contribution is 7.99. The second-order valence-electron chi connectivity index (χ2n) is 3.58. The first kappa shape index (κ1) is 9.42. The molecule has 0 amide bonds. The Kier molecular flexibility index (Phi) is 1.97. The molecule has 4 heteroatoms. The van der Waals surface area contributed by atoms with E-state index in [-0.39, 0.29) is 0 Å². The van der Waals surface area contributed by atoms with E-state index in [1.807, 2.05) is 36.4 Å². The largest absolute Gasteiger partial charge is 0.453 e. The predicted molar refractivity (Wildman–Crippen MR) is 65.9 cm³/mol. The lowest BCUT2D eigenvalue weighted by Crippen LogP contribution is -1.99. The van der Waals surface area contributed by atoms with E-state index in [4.69, 9.17) is 16.2 Å². The van der Waals surface area contributed by atoms with Crippen molar-refractivity contribution in [2.45, 2.75) is 9.79 Å². The second-order valence-corrected chi connectivity index (χ2v) is 4.67. The number of para-hydroxylation sites is 1. The third-order valence-corrected chi connectivity index (χ3v) is 3.49. The van der Waals surface area contributed by atoms with Crippen LogP contribution in [0.4, 0.5) is 11.4 Å². The molecule has 0 saturated carbocycles. The third kappa shape index (κ3) is 1.39. The molecule has 0 aliphatic carbocycles. The lowest BCUT2D eigenvalue weighted by Gasteiger charge is -2.20. The number of hydrogen-bond donors (Lipinski definition) is 2. The van der Waals surface area contributed by atoms with Crippen molar-refractivity contribution in [1.82, 2.24) is 0 Å². The molecule has 1 aliphatic heterocycles. The predicted octanol–water partition coefficient (Wildman–Crippen LogP) is 3.11. The maximum atomic E-state index is 5.87. The first-order valence-electron chi connectivity index (χ1n) is 4.88. The normalized spacial score (nSPS) is 12.5. The third-order valence-electron chi connectivity index (χ3n) is 2.41. The monoisotopic (exact) mass is 230 g/mol. The summed E-state index contributed by atoms with van der Waals surface area (Å²) in [4.78, 5) is 2.05. The highest BCUT2D eigenvalue weighted by atomic mass is 32.2. The summed E-state index contributed by atoms with van der Waals surface area (Å²) in [5, 5.41) is 0. The lowest BCUT2D eigenvalue weighted by atomic mass is 10.2. The SMILES string of the molecule is Nc1ccc2c(c1)Sc1cccc(N)c1O2. The molecule has 1 heterocycles. The Bertz CT molecular complexity index is 569. The number of hydrogen-bond acceptors (Lipinski definition) is 4. The minimum Gasteiger partial charge on any atom is -0.453 e. The summed E-state index contributed by atoms with van der Waals surface area (Å²) in [5.41, 5.74) is 13.0. The maximum absolute atomic E-state index is 5.87. The Balaban J connectivity index is 2.13. The van der Waals surface area contributed by atoms with Crippen LogP contribution in [0, 0.1) is 0 Å². The summed E-state index contributed by atoms with van der Waals surface area (Å²) < 4.78 is 5.76. The Hall–Kier alpha value is -1.81. The summed E-state index contributed by atoms with van der Waals surface area (Å²) in [5.74, 6) is 1.55. The van der Waals surface area contributed by atoms with Crippen LogP contribution in [0.1, 0.15) is 0 Å². The van der Waals surface area contributed by atoms with Gasteiger partial charge in [-0.2, -0.15) is 0 Å². The first-order chi connectivity index (χ1) is 7.74. The fourth-order valence-electron chi connectivity index (χ4n) is 1.64. The van der Waals surface area contributed by atoms with Gasteiger partial charge in [0, 0.05) is 5.69 Å². The Morgan fingerprint density at radius 1 is 1.00 bits per heavy atom. The highest BCUT2D eigenvalue weighted by Crippen LogP contribution is 2.49. The van der Waals surface area contributed by atoms with Crippen molar-refractivity contribution < 1.29 is 4.74 Å². The van der Waals surface area contributed by atoms with E-state index in [0.29, 0.717) is 5.69 Å². The summed E-state index contributed by atoms with van der Waals surface area (Å²) >= 11 is 1.63. The van der Waals surface area contributed by atoms with Crippen molar-refractivity contribution in [1.29, 1.82) is 0 Å². The molecule has 3 nitrogen and oxygen atoms in total.